The van der Waals surface area contributed by atoms with Crippen molar-refractivity contribution in [3.05, 3.63) is 29.0 Å². The van der Waals surface area contributed by atoms with E-state index in [2.05, 4.69) is 17.1 Å². The van der Waals surface area contributed by atoms with Gasteiger partial charge in [0.15, 0.2) is 5.82 Å². The van der Waals surface area contributed by atoms with Crippen molar-refractivity contribution in [3.8, 4) is 11.5 Å². The van der Waals surface area contributed by atoms with Crippen LogP contribution >= 0.6 is 11.6 Å². The van der Waals surface area contributed by atoms with Crippen LogP contribution < -0.4 is 5.73 Å². The fourth-order valence-corrected chi connectivity index (χ4v) is 3.25. The smallest absolute Gasteiger partial charge is 0.257 e. The summed E-state index contributed by atoms with van der Waals surface area (Å²) in [5.41, 5.74) is 7.09. The van der Waals surface area contributed by atoms with Gasteiger partial charge < -0.3 is 10.3 Å². The Morgan fingerprint density at radius 3 is 3.00 bits per heavy atom. The Kier molecular flexibility index (Phi) is 4.15. The lowest BCUT2D eigenvalue weighted by Crippen LogP contribution is -2.14. The Labute approximate surface area is 129 Å². The van der Waals surface area contributed by atoms with Crippen molar-refractivity contribution in [2.45, 2.75) is 44.9 Å². The fraction of sp³-hybridized carbons (Fsp3) is 0.500. The predicted octanol–water partition coefficient (Wildman–Crippen LogP) is 4.66. The van der Waals surface area contributed by atoms with Gasteiger partial charge in [-0.2, -0.15) is 4.98 Å². The monoisotopic (exact) mass is 305 g/mol. The summed E-state index contributed by atoms with van der Waals surface area (Å²) in [4.78, 5) is 4.57. The Morgan fingerprint density at radius 2 is 2.24 bits per heavy atom. The zero-order valence-corrected chi connectivity index (χ0v) is 12.9. The second-order valence-electron chi connectivity index (χ2n) is 5.83. The number of aromatic nitrogens is 2. The maximum Gasteiger partial charge on any atom is 0.257 e. The Balaban J connectivity index is 1.81. The summed E-state index contributed by atoms with van der Waals surface area (Å²) in [6.07, 6.45) is 6.12. The summed E-state index contributed by atoms with van der Waals surface area (Å²) in [5.74, 6) is 2.56. The lowest BCUT2D eigenvalue weighted by molar-refractivity contribution is 0.300. The van der Waals surface area contributed by atoms with E-state index >= 15 is 0 Å². The third-order valence-electron chi connectivity index (χ3n) is 4.41. The van der Waals surface area contributed by atoms with Crippen LogP contribution in [0.5, 0.6) is 0 Å². The van der Waals surface area contributed by atoms with Crippen molar-refractivity contribution in [1.82, 2.24) is 10.1 Å². The van der Waals surface area contributed by atoms with Crippen LogP contribution in [0.3, 0.4) is 0 Å². The van der Waals surface area contributed by atoms with Crippen molar-refractivity contribution in [3.63, 3.8) is 0 Å². The average molecular weight is 306 g/mol. The van der Waals surface area contributed by atoms with E-state index in [0.29, 0.717) is 22.5 Å². The van der Waals surface area contributed by atoms with Gasteiger partial charge in [-0.3, -0.25) is 0 Å². The van der Waals surface area contributed by atoms with E-state index in [0.717, 1.165) is 30.1 Å². The van der Waals surface area contributed by atoms with E-state index in [1.807, 2.05) is 6.07 Å². The highest BCUT2D eigenvalue weighted by Crippen LogP contribution is 2.37. The molecule has 1 fully saturated rings. The first-order valence-corrected chi connectivity index (χ1v) is 7.94. The second-order valence-corrected chi connectivity index (χ2v) is 6.24. The summed E-state index contributed by atoms with van der Waals surface area (Å²) in [5, 5.41) is 4.69. The Bertz CT molecular complexity index is 626. The molecule has 2 unspecified atom stereocenters. The number of nitrogen functional groups attached to an aromatic ring is 1. The third kappa shape index (κ3) is 3.05. The van der Waals surface area contributed by atoms with E-state index in [-0.39, 0.29) is 0 Å². The second kappa shape index (κ2) is 6.06. The largest absolute Gasteiger partial charge is 0.398 e. The number of nitrogens with two attached hydrogens (primary N) is 1. The minimum Gasteiger partial charge on any atom is -0.398 e. The highest BCUT2D eigenvalue weighted by atomic mass is 35.5. The van der Waals surface area contributed by atoms with E-state index in [1.165, 1.54) is 19.3 Å². The molecular weight excluding hydrogens is 286 g/mol. The maximum absolute atomic E-state index is 6.04. The fourth-order valence-electron chi connectivity index (χ4n) is 3.07. The molecule has 2 atom stereocenters. The molecule has 1 aliphatic rings. The van der Waals surface area contributed by atoms with Crippen LogP contribution in [0.25, 0.3) is 11.5 Å². The zero-order valence-electron chi connectivity index (χ0n) is 12.2. The van der Waals surface area contributed by atoms with Crippen molar-refractivity contribution in [2.24, 2.45) is 5.92 Å². The van der Waals surface area contributed by atoms with Crippen LogP contribution in [0.15, 0.2) is 22.7 Å². The molecule has 1 aliphatic carbocycles. The quantitative estimate of drug-likeness (QED) is 0.838. The van der Waals surface area contributed by atoms with E-state index in [4.69, 9.17) is 21.9 Å². The molecule has 112 valence electrons. The molecular formula is C16H20ClN3O. The molecule has 1 heterocycles. The van der Waals surface area contributed by atoms with Gasteiger partial charge in [-0.25, -0.2) is 0 Å². The van der Waals surface area contributed by atoms with Crippen LogP contribution in [0, 0.1) is 5.92 Å². The normalized spacial score (nSPS) is 22.4. The van der Waals surface area contributed by atoms with Gasteiger partial charge in [0.2, 0.25) is 0 Å². The number of rotatable bonds is 3. The molecule has 5 heteroatoms. The number of hydrogen-bond donors (Lipinski definition) is 1. The van der Waals surface area contributed by atoms with Crippen LogP contribution in [0.2, 0.25) is 5.02 Å². The number of benzene rings is 1. The molecule has 0 bridgehead atoms. The molecule has 1 aromatic heterocycles. The van der Waals surface area contributed by atoms with Crippen LogP contribution in [-0.2, 0) is 0 Å². The minimum absolute atomic E-state index is 0.422. The summed E-state index contributed by atoms with van der Waals surface area (Å²) in [7, 11) is 0. The van der Waals surface area contributed by atoms with Gasteiger partial charge in [0, 0.05) is 11.5 Å². The van der Waals surface area contributed by atoms with Gasteiger partial charge in [-0.1, -0.05) is 42.9 Å². The van der Waals surface area contributed by atoms with Crippen LogP contribution in [0.4, 0.5) is 5.69 Å². The SMILES string of the molecule is CCC1CCCC(c2noc(-c3ccc(N)c(Cl)c3)n2)C1. The number of hydrogen-bond acceptors (Lipinski definition) is 4. The molecule has 0 saturated heterocycles. The van der Waals surface area contributed by atoms with Crippen LogP contribution in [0.1, 0.15) is 50.8 Å². The summed E-state index contributed by atoms with van der Waals surface area (Å²) in [6.45, 7) is 2.26. The number of nitrogens with zero attached hydrogens (tertiary/aromatic N) is 2. The third-order valence-corrected chi connectivity index (χ3v) is 4.74. The molecule has 1 saturated carbocycles. The standard InChI is InChI=1S/C16H20ClN3O/c1-2-10-4-3-5-11(8-10)15-19-16(21-20-15)12-6-7-14(18)13(17)9-12/h6-7,9-11H,2-5,8,18H2,1H3. The zero-order chi connectivity index (χ0) is 14.8. The first-order valence-electron chi connectivity index (χ1n) is 7.56. The molecule has 2 aromatic rings. The van der Waals surface area contributed by atoms with Gasteiger partial charge in [0.05, 0.1) is 10.7 Å². The maximum atomic E-state index is 6.04. The molecule has 0 spiro atoms. The lowest BCUT2D eigenvalue weighted by atomic mass is 9.80. The van der Waals surface area contributed by atoms with E-state index < -0.39 is 0 Å². The molecule has 4 nitrogen and oxygen atoms in total. The Hall–Kier alpha value is -1.55. The van der Waals surface area contributed by atoms with Crippen molar-refractivity contribution < 1.29 is 4.52 Å². The predicted molar refractivity (Wildman–Crippen MR) is 84.1 cm³/mol. The molecule has 0 radical (unpaired) electrons. The highest BCUT2D eigenvalue weighted by molar-refractivity contribution is 6.33. The lowest BCUT2D eigenvalue weighted by Gasteiger charge is -2.26. The van der Waals surface area contributed by atoms with Crippen LogP contribution in [-0.4, -0.2) is 10.1 Å². The Morgan fingerprint density at radius 1 is 1.38 bits per heavy atom. The highest BCUT2D eigenvalue weighted by Gasteiger charge is 2.26. The van der Waals surface area contributed by atoms with Gasteiger partial charge in [0.25, 0.3) is 5.89 Å². The minimum atomic E-state index is 0.422. The number of anilines is 1. The van der Waals surface area contributed by atoms with Gasteiger partial charge >= 0.3 is 0 Å². The van der Waals surface area contributed by atoms with Gasteiger partial charge in [-0.05, 0) is 37.0 Å². The summed E-state index contributed by atoms with van der Waals surface area (Å²) < 4.78 is 5.41. The van der Waals surface area contributed by atoms with Crippen molar-refractivity contribution >= 4 is 17.3 Å². The van der Waals surface area contributed by atoms with Crippen molar-refractivity contribution in [2.75, 3.05) is 5.73 Å². The number of halogens is 1. The molecule has 0 amide bonds. The summed E-state index contributed by atoms with van der Waals surface area (Å²) in [6, 6.07) is 5.38. The topological polar surface area (TPSA) is 64.9 Å². The van der Waals surface area contributed by atoms with Gasteiger partial charge in [-0.15, -0.1) is 0 Å². The first-order chi connectivity index (χ1) is 10.2. The van der Waals surface area contributed by atoms with E-state index in [1.54, 1.807) is 12.1 Å². The molecule has 21 heavy (non-hydrogen) atoms. The molecule has 0 aliphatic heterocycles. The van der Waals surface area contributed by atoms with Gasteiger partial charge in [0.1, 0.15) is 0 Å². The van der Waals surface area contributed by atoms with E-state index in [9.17, 15) is 0 Å². The van der Waals surface area contributed by atoms with Crippen molar-refractivity contribution in [1.29, 1.82) is 0 Å². The molecule has 1 aromatic carbocycles. The molecule has 3 rings (SSSR count). The molecule has 2 N–H and O–H groups in total. The summed E-state index contributed by atoms with van der Waals surface area (Å²) >= 11 is 6.04. The average Bonchev–Trinajstić information content (AvgIpc) is 3.00. The first kappa shape index (κ1) is 14.4.